The number of esters is 3. The summed E-state index contributed by atoms with van der Waals surface area (Å²) in [7, 11) is 0.750. The Morgan fingerprint density at radius 2 is 0.800 bits per heavy atom. The molecule has 0 saturated heterocycles. The van der Waals surface area contributed by atoms with Gasteiger partial charge in [0, 0.05) is 16.7 Å². The monoisotopic (exact) mass is 502 g/mol. The van der Waals surface area contributed by atoms with E-state index in [0.717, 1.165) is 7.11 Å². The minimum absolute atomic E-state index is 0. The maximum absolute atomic E-state index is 10.6. The van der Waals surface area contributed by atoms with Gasteiger partial charge in [-0.1, -0.05) is 19.7 Å². The van der Waals surface area contributed by atoms with Crippen LogP contribution >= 0.6 is 0 Å². The molecule has 0 aliphatic heterocycles. The molecule has 0 aliphatic rings. The minimum atomic E-state index is -0.335. The molecule has 0 spiro atoms. The van der Waals surface area contributed by atoms with Gasteiger partial charge in [0.15, 0.2) is 0 Å². The Labute approximate surface area is 201 Å². The molecule has 0 saturated carbocycles. The van der Waals surface area contributed by atoms with Crippen LogP contribution in [0.4, 0.5) is 0 Å². The van der Waals surface area contributed by atoms with E-state index in [1.54, 1.807) is 20.8 Å². The van der Waals surface area contributed by atoms with Crippen LogP contribution in [0, 0.1) is 20.8 Å². The van der Waals surface area contributed by atoms with Crippen molar-refractivity contribution in [3.05, 3.63) is 57.2 Å². The summed E-state index contributed by atoms with van der Waals surface area (Å²) in [5, 5.41) is 8.25. The largest absolute Gasteiger partial charge is 4.00 e. The van der Waals surface area contributed by atoms with Crippen LogP contribution in [0.2, 0.25) is 0 Å². The van der Waals surface area contributed by atoms with Crippen LogP contribution in [0.3, 0.4) is 0 Å². The van der Waals surface area contributed by atoms with Crippen molar-refractivity contribution in [2.75, 3.05) is 26.9 Å². The van der Waals surface area contributed by atoms with Crippen molar-refractivity contribution >= 4 is 17.9 Å². The van der Waals surface area contributed by atoms with Gasteiger partial charge in [0.1, 0.15) is 0 Å². The van der Waals surface area contributed by atoms with Gasteiger partial charge in [0.05, 0.1) is 19.8 Å². The molecular weight excluding hydrogens is 467 g/mol. The first-order valence-electron chi connectivity index (χ1n) is 8.81. The summed E-state index contributed by atoms with van der Waals surface area (Å²) >= 11 is 0. The number of carbonyl (C=O) groups excluding carboxylic acids is 3. The normalized spacial score (nSPS) is 8.00. The van der Waals surface area contributed by atoms with E-state index in [-0.39, 0.29) is 44.1 Å². The summed E-state index contributed by atoms with van der Waals surface area (Å²) in [6.45, 7) is 26.8. The third-order valence-corrected chi connectivity index (χ3v) is 2.18. The second-order valence-corrected chi connectivity index (χ2v) is 5.31. The molecule has 0 atom stereocenters. The van der Waals surface area contributed by atoms with E-state index in [2.05, 4.69) is 54.7 Å². The third-order valence-electron chi connectivity index (χ3n) is 2.18. The van der Waals surface area contributed by atoms with E-state index in [1.807, 2.05) is 0 Å². The van der Waals surface area contributed by atoms with Gasteiger partial charge in [0.2, 0.25) is 0 Å². The van der Waals surface area contributed by atoms with E-state index >= 15 is 0 Å². The van der Waals surface area contributed by atoms with Crippen molar-refractivity contribution in [3.63, 3.8) is 0 Å². The van der Waals surface area contributed by atoms with Gasteiger partial charge in [-0.15, -0.1) is 19.3 Å². The zero-order valence-electron chi connectivity index (χ0n) is 18.8. The van der Waals surface area contributed by atoms with Crippen LogP contribution in [0.25, 0.3) is 0 Å². The molecule has 0 amide bonds. The molecule has 30 heavy (non-hydrogen) atoms. The zero-order valence-corrected chi connectivity index (χ0v) is 21.3. The van der Waals surface area contributed by atoms with Crippen LogP contribution in [-0.2, 0) is 54.8 Å². The fraction of sp³-hybridized carbons (Fsp3) is 0.455. The fourth-order valence-corrected chi connectivity index (χ4v) is 0.864. The zero-order chi connectivity index (χ0) is 23.8. The van der Waals surface area contributed by atoms with Crippen molar-refractivity contribution in [1.29, 1.82) is 0 Å². The maximum Gasteiger partial charge on any atom is 4.00 e. The molecule has 0 aromatic heterocycles. The minimum Gasteiger partial charge on any atom is -0.857 e. The van der Waals surface area contributed by atoms with Gasteiger partial charge in [-0.25, -0.2) is 14.4 Å². The van der Waals surface area contributed by atoms with Crippen LogP contribution in [-0.4, -0.2) is 44.8 Å². The van der Waals surface area contributed by atoms with E-state index in [1.165, 1.54) is 0 Å². The molecular formula is C22H36O7Zr. The number of rotatable bonds is 9. The summed E-state index contributed by atoms with van der Waals surface area (Å²) in [4.78, 5) is 31.7. The molecule has 0 unspecified atom stereocenters. The second kappa shape index (κ2) is 29.7. The first-order valence-corrected chi connectivity index (χ1v) is 8.81. The number of hydrogen-bond donors (Lipinski definition) is 0. The smallest absolute Gasteiger partial charge is 0.857 e. The van der Waals surface area contributed by atoms with Gasteiger partial charge < -0.3 is 40.1 Å². The van der Waals surface area contributed by atoms with E-state index in [0.29, 0.717) is 55.8 Å². The predicted octanol–water partition coefficient (Wildman–Crippen LogP) is 2.96. The molecule has 0 aromatic carbocycles. The standard InChI is InChI=1S/3C7H11O2.CH3O.Zr/c3*1-4-5-9-7(8)6(2)3;1-2;/h3*1-2,4-5H2,3H3;1H3;/q4*-1;+4. The quantitative estimate of drug-likeness (QED) is 0.206. The molecule has 0 N–H and O–H groups in total. The summed E-state index contributed by atoms with van der Waals surface area (Å²) < 4.78 is 14.0. The van der Waals surface area contributed by atoms with E-state index in [9.17, 15) is 14.4 Å². The molecule has 7 nitrogen and oxygen atoms in total. The van der Waals surface area contributed by atoms with Gasteiger partial charge in [-0.05, 0) is 20.8 Å². The summed E-state index contributed by atoms with van der Waals surface area (Å²) in [5.74, 6) is -1.00. The van der Waals surface area contributed by atoms with Gasteiger partial charge in [-0.2, -0.15) is 7.11 Å². The van der Waals surface area contributed by atoms with Crippen LogP contribution < -0.4 is 5.11 Å². The number of hydrogen-bond acceptors (Lipinski definition) is 7. The average Bonchev–Trinajstić information content (AvgIpc) is 2.70. The Morgan fingerprint density at radius 3 is 0.900 bits per heavy atom. The average molecular weight is 504 g/mol. The van der Waals surface area contributed by atoms with Gasteiger partial charge in [0.25, 0.3) is 0 Å². The van der Waals surface area contributed by atoms with Crippen molar-refractivity contribution in [1.82, 2.24) is 0 Å². The Kier molecular flexibility index (Phi) is 38.6. The second-order valence-electron chi connectivity index (χ2n) is 5.31. The SMILES string of the molecule is C=C(C)C(=O)OCC[CH2-].C=C(C)C(=O)OCC[CH2-].C=C(C)C(=O)OCC[CH2-].C[O-].[Zr+4]. The Morgan fingerprint density at radius 1 is 0.633 bits per heavy atom. The molecule has 170 valence electrons. The molecule has 0 rings (SSSR count). The summed E-state index contributed by atoms with van der Waals surface area (Å²) in [6, 6.07) is 0. The van der Waals surface area contributed by atoms with Crippen molar-refractivity contribution in [3.8, 4) is 0 Å². The van der Waals surface area contributed by atoms with Crippen LogP contribution in [0.1, 0.15) is 40.0 Å². The molecule has 0 radical (unpaired) electrons. The number of carbonyl (C=O) groups is 3. The summed E-state index contributed by atoms with van der Waals surface area (Å²) in [5.41, 5.74) is 1.30. The topological polar surface area (TPSA) is 102 Å². The van der Waals surface area contributed by atoms with Gasteiger partial charge >= 0.3 is 44.1 Å². The molecule has 8 heteroatoms. The van der Waals surface area contributed by atoms with Crippen molar-refractivity contribution in [2.24, 2.45) is 0 Å². The van der Waals surface area contributed by atoms with Crippen LogP contribution in [0.5, 0.6) is 0 Å². The molecule has 0 aliphatic carbocycles. The van der Waals surface area contributed by atoms with Crippen molar-refractivity contribution in [2.45, 2.75) is 40.0 Å². The van der Waals surface area contributed by atoms with Crippen molar-refractivity contribution < 1.29 is 59.9 Å². The maximum atomic E-state index is 10.6. The van der Waals surface area contributed by atoms with Crippen LogP contribution in [0.15, 0.2) is 36.5 Å². The fourth-order valence-electron chi connectivity index (χ4n) is 0.864. The Hall–Kier alpha value is -1.53. The van der Waals surface area contributed by atoms with E-state index < -0.39 is 0 Å². The number of ether oxygens (including phenoxy) is 3. The molecule has 0 aromatic rings. The van der Waals surface area contributed by atoms with Gasteiger partial charge in [-0.3, -0.25) is 0 Å². The first-order chi connectivity index (χ1) is 13.5. The molecule has 0 fully saturated rings. The third kappa shape index (κ3) is 34.0. The first kappa shape index (κ1) is 39.0. The summed E-state index contributed by atoms with van der Waals surface area (Å²) in [6.07, 6.45) is 1.83. The Bertz CT molecular complexity index is 428. The Balaban J connectivity index is -0.0000000982. The predicted molar refractivity (Wildman–Crippen MR) is 113 cm³/mol. The molecule has 0 heterocycles. The van der Waals surface area contributed by atoms with E-state index in [4.69, 9.17) is 5.11 Å². The molecule has 0 bridgehead atoms.